The zero-order valence-corrected chi connectivity index (χ0v) is 8.38. The first-order chi connectivity index (χ1) is 6.51. The number of nitrogen functional groups attached to an aromatic ring is 1. The molecule has 76 valence electrons. The van der Waals surface area contributed by atoms with Gasteiger partial charge in [0.15, 0.2) is 0 Å². The SMILES string of the molecule is CC1CC1(C)Oc1cc(F)ccc1N. The summed E-state index contributed by atoms with van der Waals surface area (Å²) in [6.07, 6.45) is 1.00. The number of nitrogens with two attached hydrogens (primary N) is 1. The molecule has 0 radical (unpaired) electrons. The van der Waals surface area contributed by atoms with Crippen LogP contribution in [-0.2, 0) is 0 Å². The van der Waals surface area contributed by atoms with E-state index in [1.807, 2.05) is 6.92 Å². The molecule has 0 aromatic heterocycles. The Morgan fingerprint density at radius 3 is 2.79 bits per heavy atom. The molecule has 0 heterocycles. The number of hydrogen-bond donors (Lipinski definition) is 1. The molecule has 0 aliphatic heterocycles. The summed E-state index contributed by atoms with van der Waals surface area (Å²) in [5.41, 5.74) is 6.02. The summed E-state index contributed by atoms with van der Waals surface area (Å²) >= 11 is 0. The van der Waals surface area contributed by atoms with Crippen LogP contribution in [0.15, 0.2) is 18.2 Å². The Morgan fingerprint density at radius 2 is 2.21 bits per heavy atom. The monoisotopic (exact) mass is 195 g/mol. The highest BCUT2D eigenvalue weighted by atomic mass is 19.1. The van der Waals surface area contributed by atoms with E-state index in [4.69, 9.17) is 10.5 Å². The molecule has 0 amide bonds. The number of hydrogen-bond acceptors (Lipinski definition) is 2. The fourth-order valence-corrected chi connectivity index (χ4v) is 1.54. The molecule has 2 unspecified atom stereocenters. The molecule has 1 aliphatic carbocycles. The fraction of sp³-hybridized carbons (Fsp3) is 0.455. The molecule has 2 atom stereocenters. The minimum Gasteiger partial charge on any atom is -0.485 e. The standard InChI is InChI=1S/C11H14FNO/c1-7-6-11(7,2)14-10-5-8(12)3-4-9(10)13/h3-5,7H,6,13H2,1-2H3. The third kappa shape index (κ3) is 1.54. The molecule has 1 aromatic rings. The zero-order chi connectivity index (χ0) is 10.3. The molecule has 2 rings (SSSR count). The summed E-state index contributed by atoms with van der Waals surface area (Å²) in [5, 5.41) is 0. The summed E-state index contributed by atoms with van der Waals surface area (Å²) in [5.74, 6) is 0.660. The Kier molecular flexibility index (Phi) is 1.91. The second-order valence-electron chi connectivity index (χ2n) is 4.20. The van der Waals surface area contributed by atoms with Gasteiger partial charge in [-0.2, -0.15) is 0 Å². The first-order valence-electron chi connectivity index (χ1n) is 4.75. The summed E-state index contributed by atoms with van der Waals surface area (Å²) in [7, 11) is 0. The van der Waals surface area contributed by atoms with Gasteiger partial charge in [-0.3, -0.25) is 0 Å². The third-order valence-electron chi connectivity index (χ3n) is 2.91. The smallest absolute Gasteiger partial charge is 0.145 e. The Hall–Kier alpha value is -1.25. The van der Waals surface area contributed by atoms with Crippen molar-refractivity contribution in [3.63, 3.8) is 0 Å². The van der Waals surface area contributed by atoms with Crippen LogP contribution in [0.4, 0.5) is 10.1 Å². The number of ether oxygens (including phenoxy) is 1. The highest BCUT2D eigenvalue weighted by Gasteiger charge is 2.49. The molecule has 0 spiro atoms. The average molecular weight is 195 g/mol. The molecule has 1 fully saturated rings. The van der Waals surface area contributed by atoms with Crippen molar-refractivity contribution in [2.24, 2.45) is 5.92 Å². The predicted molar refractivity (Wildman–Crippen MR) is 53.6 cm³/mol. The highest BCUT2D eigenvalue weighted by Crippen LogP contribution is 2.47. The number of halogens is 1. The van der Waals surface area contributed by atoms with E-state index in [0.717, 1.165) is 6.42 Å². The van der Waals surface area contributed by atoms with Crippen LogP contribution in [-0.4, -0.2) is 5.60 Å². The summed E-state index contributed by atoms with van der Waals surface area (Å²) in [6, 6.07) is 4.20. The normalized spacial score (nSPS) is 30.1. The predicted octanol–water partition coefficient (Wildman–Crippen LogP) is 2.59. The van der Waals surface area contributed by atoms with Gasteiger partial charge in [0.05, 0.1) is 5.69 Å². The van der Waals surface area contributed by atoms with Crippen molar-refractivity contribution in [3.05, 3.63) is 24.0 Å². The van der Waals surface area contributed by atoms with E-state index >= 15 is 0 Å². The van der Waals surface area contributed by atoms with Gasteiger partial charge in [0.1, 0.15) is 17.2 Å². The number of anilines is 1. The van der Waals surface area contributed by atoms with E-state index in [1.54, 1.807) is 0 Å². The van der Waals surface area contributed by atoms with E-state index in [9.17, 15) is 4.39 Å². The maximum Gasteiger partial charge on any atom is 0.145 e. The lowest BCUT2D eigenvalue weighted by Gasteiger charge is -2.15. The molecule has 2 nitrogen and oxygen atoms in total. The minimum atomic E-state index is -0.314. The van der Waals surface area contributed by atoms with Crippen LogP contribution in [0.2, 0.25) is 0 Å². The quantitative estimate of drug-likeness (QED) is 0.736. The molecule has 0 bridgehead atoms. The van der Waals surface area contributed by atoms with Crippen LogP contribution in [0.3, 0.4) is 0 Å². The van der Waals surface area contributed by atoms with Crippen molar-refractivity contribution in [1.29, 1.82) is 0 Å². The van der Waals surface area contributed by atoms with Gasteiger partial charge < -0.3 is 10.5 Å². The maximum atomic E-state index is 12.9. The van der Waals surface area contributed by atoms with E-state index in [1.165, 1.54) is 18.2 Å². The minimum absolute atomic E-state index is 0.151. The molecule has 1 saturated carbocycles. The van der Waals surface area contributed by atoms with Gasteiger partial charge in [-0.05, 0) is 31.4 Å². The van der Waals surface area contributed by atoms with Gasteiger partial charge in [0.25, 0.3) is 0 Å². The second-order valence-corrected chi connectivity index (χ2v) is 4.20. The lowest BCUT2D eigenvalue weighted by atomic mass is 10.2. The van der Waals surface area contributed by atoms with Crippen LogP contribution in [0.1, 0.15) is 20.3 Å². The summed E-state index contributed by atoms with van der Waals surface area (Å²) < 4.78 is 18.6. The topological polar surface area (TPSA) is 35.2 Å². The zero-order valence-electron chi connectivity index (χ0n) is 8.38. The van der Waals surface area contributed by atoms with Crippen molar-refractivity contribution in [3.8, 4) is 5.75 Å². The molecule has 0 saturated heterocycles. The molecule has 2 N–H and O–H groups in total. The molecular weight excluding hydrogens is 181 g/mol. The van der Waals surface area contributed by atoms with Crippen molar-refractivity contribution < 1.29 is 9.13 Å². The van der Waals surface area contributed by atoms with Crippen LogP contribution in [0.25, 0.3) is 0 Å². The number of benzene rings is 1. The largest absolute Gasteiger partial charge is 0.485 e. The van der Waals surface area contributed by atoms with Gasteiger partial charge in [-0.15, -0.1) is 0 Å². The molecule has 1 aliphatic rings. The van der Waals surface area contributed by atoms with E-state index < -0.39 is 0 Å². The van der Waals surface area contributed by atoms with Gasteiger partial charge in [0, 0.05) is 6.07 Å². The fourth-order valence-electron chi connectivity index (χ4n) is 1.54. The van der Waals surface area contributed by atoms with Crippen molar-refractivity contribution in [2.45, 2.75) is 25.9 Å². The molecule has 3 heteroatoms. The van der Waals surface area contributed by atoms with Crippen molar-refractivity contribution in [1.82, 2.24) is 0 Å². The molecule has 1 aromatic carbocycles. The first kappa shape index (κ1) is 9.31. The first-order valence-corrected chi connectivity index (χ1v) is 4.75. The lowest BCUT2D eigenvalue weighted by molar-refractivity contribution is 0.184. The second kappa shape index (κ2) is 2.87. The van der Waals surface area contributed by atoms with E-state index in [0.29, 0.717) is 17.4 Å². The van der Waals surface area contributed by atoms with Crippen LogP contribution in [0.5, 0.6) is 5.75 Å². The van der Waals surface area contributed by atoms with Gasteiger partial charge in [0.2, 0.25) is 0 Å². The van der Waals surface area contributed by atoms with Crippen molar-refractivity contribution in [2.75, 3.05) is 5.73 Å². The van der Waals surface area contributed by atoms with Gasteiger partial charge in [-0.1, -0.05) is 6.92 Å². The molecule has 14 heavy (non-hydrogen) atoms. The average Bonchev–Trinajstić information content (AvgIpc) is 2.67. The third-order valence-corrected chi connectivity index (χ3v) is 2.91. The highest BCUT2D eigenvalue weighted by molar-refractivity contribution is 5.52. The molecular formula is C11H14FNO. The van der Waals surface area contributed by atoms with Crippen LogP contribution in [0, 0.1) is 11.7 Å². The van der Waals surface area contributed by atoms with Crippen molar-refractivity contribution >= 4 is 5.69 Å². The Labute approximate surface area is 82.9 Å². The summed E-state index contributed by atoms with van der Waals surface area (Å²) in [4.78, 5) is 0. The van der Waals surface area contributed by atoms with Gasteiger partial charge in [-0.25, -0.2) is 4.39 Å². The van der Waals surface area contributed by atoms with Gasteiger partial charge >= 0.3 is 0 Å². The Morgan fingerprint density at radius 1 is 1.57 bits per heavy atom. The van der Waals surface area contributed by atoms with E-state index in [2.05, 4.69) is 6.92 Å². The summed E-state index contributed by atoms with van der Waals surface area (Å²) in [6.45, 7) is 4.12. The Balaban J connectivity index is 2.20. The van der Waals surface area contributed by atoms with Crippen LogP contribution < -0.4 is 10.5 Å². The van der Waals surface area contributed by atoms with Crippen LogP contribution >= 0.6 is 0 Å². The Bertz CT molecular complexity index is 366. The maximum absolute atomic E-state index is 12.9. The van der Waals surface area contributed by atoms with E-state index in [-0.39, 0.29) is 11.4 Å². The lowest BCUT2D eigenvalue weighted by Crippen LogP contribution is -2.16. The number of rotatable bonds is 2.